The molecule has 0 saturated heterocycles. The molecular formula is C22H29N3O3. The molecule has 1 fully saturated rings. The lowest BCUT2D eigenvalue weighted by atomic mass is 9.81. The summed E-state index contributed by atoms with van der Waals surface area (Å²) >= 11 is 0. The third-order valence-corrected chi connectivity index (χ3v) is 5.34. The summed E-state index contributed by atoms with van der Waals surface area (Å²) < 4.78 is 4.97. The van der Waals surface area contributed by atoms with Crippen molar-refractivity contribution in [3.05, 3.63) is 41.7 Å². The highest BCUT2D eigenvalue weighted by Gasteiger charge is 2.31. The molecule has 150 valence electrons. The van der Waals surface area contributed by atoms with Crippen LogP contribution in [0.3, 0.4) is 0 Å². The average Bonchev–Trinajstić information content (AvgIpc) is 3.06. The number of carbonyl (C=O) groups excluding carboxylic acids is 2. The summed E-state index contributed by atoms with van der Waals surface area (Å²) in [7, 11) is 0. The largest absolute Gasteiger partial charge is 0.360 e. The molecule has 0 atom stereocenters. The van der Waals surface area contributed by atoms with Crippen molar-refractivity contribution >= 4 is 23.3 Å². The number of carbonyl (C=O) groups is 2. The van der Waals surface area contributed by atoms with Crippen LogP contribution in [0.1, 0.15) is 57.8 Å². The number of para-hydroxylation sites is 1. The smallest absolute Gasteiger partial charge is 0.228 e. The predicted molar refractivity (Wildman–Crippen MR) is 109 cm³/mol. The van der Waals surface area contributed by atoms with Gasteiger partial charge in [-0.2, -0.15) is 0 Å². The van der Waals surface area contributed by atoms with Gasteiger partial charge in [-0.25, -0.2) is 0 Å². The summed E-state index contributed by atoms with van der Waals surface area (Å²) in [4.78, 5) is 25.2. The highest BCUT2D eigenvalue weighted by atomic mass is 16.5. The number of nitrogens with zero attached hydrogens (tertiary/aromatic N) is 1. The molecule has 3 rings (SSSR count). The van der Waals surface area contributed by atoms with Crippen LogP contribution in [0.2, 0.25) is 0 Å². The van der Waals surface area contributed by atoms with Gasteiger partial charge in [0.1, 0.15) is 5.76 Å². The third-order valence-electron chi connectivity index (χ3n) is 5.34. The van der Waals surface area contributed by atoms with Crippen LogP contribution in [0.4, 0.5) is 11.5 Å². The van der Waals surface area contributed by atoms with Crippen molar-refractivity contribution in [1.82, 2.24) is 5.16 Å². The second-order valence-corrected chi connectivity index (χ2v) is 8.65. The number of hydrogen-bond donors (Lipinski definition) is 2. The van der Waals surface area contributed by atoms with Gasteiger partial charge in [-0.05, 0) is 49.7 Å². The summed E-state index contributed by atoms with van der Waals surface area (Å²) in [5.41, 5.74) is 1.96. The van der Waals surface area contributed by atoms with Crippen LogP contribution in [0.25, 0.3) is 0 Å². The van der Waals surface area contributed by atoms with Crippen molar-refractivity contribution in [3.8, 4) is 0 Å². The monoisotopic (exact) mass is 383 g/mol. The van der Waals surface area contributed by atoms with E-state index in [0.29, 0.717) is 37.3 Å². The molecule has 1 saturated carbocycles. The van der Waals surface area contributed by atoms with E-state index in [2.05, 4.69) is 42.6 Å². The number of anilines is 2. The number of aryl methyl sites for hydroxylation is 1. The van der Waals surface area contributed by atoms with E-state index in [-0.39, 0.29) is 29.1 Å². The molecule has 1 aromatic heterocycles. The van der Waals surface area contributed by atoms with Crippen LogP contribution >= 0.6 is 0 Å². The molecule has 1 aromatic carbocycles. The van der Waals surface area contributed by atoms with Crippen molar-refractivity contribution in [2.45, 2.75) is 58.8 Å². The van der Waals surface area contributed by atoms with Crippen molar-refractivity contribution in [1.29, 1.82) is 0 Å². The normalized spacial score (nSPS) is 19.9. The summed E-state index contributed by atoms with van der Waals surface area (Å²) in [6.07, 6.45) is 2.81. The van der Waals surface area contributed by atoms with Crippen LogP contribution in [0, 0.1) is 18.8 Å². The van der Waals surface area contributed by atoms with Gasteiger partial charge in [0.05, 0.1) is 0 Å². The fourth-order valence-electron chi connectivity index (χ4n) is 3.75. The maximum absolute atomic E-state index is 12.8. The quantitative estimate of drug-likeness (QED) is 0.804. The Morgan fingerprint density at radius 1 is 1.00 bits per heavy atom. The first-order valence-electron chi connectivity index (χ1n) is 9.88. The number of aromatic nitrogens is 1. The van der Waals surface area contributed by atoms with E-state index in [9.17, 15) is 9.59 Å². The minimum Gasteiger partial charge on any atom is -0.360 e. The van der Waals surface area contributed by atoms with Crippen molar-refractivity contribution in [2.24, 2.45) is 11.8 Å². The molecule has 0 spiro atoms. The van der Waals surface area contributed by atoms with Gasteiger partial charge in [0, 0.05) is 23.6 Å². The topological polar surface area (TPSA) is 84.2 Å². The van der Waals surface area contributed by atoms with Gasteiger partial charge in [0.2, 0.25) is 11.8 Å². The van der Waals surface area contributed by atoms with Crippen molar-refractivity contribution < 1.29 is 14.1 Å². The predicted octanol–water partition coefficient (Wildman–Crippen LogP) is 4.66. The molecule has 2 N–H and O–H groups in total. The zero-order valence-corrected chi connectivity index (χ0v) is 17.0. The van der Waals surface area contributed by atoms with Gasteiger partial charge < -0.3 is 15.2 Å². The highest BCUT2D eigenvalue weighted by molar-refractivity contribution is 5.94. The van der Waals surface area contributed by atoms with E-state index < -0.39 is 0 Å². The fraction of sp³-hybridized carbons (Fsp3) is 0.500. The molecule has 1 aliphatic rings. The molecule has 28 heavy (non-hydrogen) atoms. The Labute approximate surface area is 166 Å². The second-order valence-electron chi connectivity index (χ2n) is 8.65. The summed E-state index contributed by atoms with van der Waals surface area (Å²) in [5.74, 6) is 0.939. The Balaban J connectivity index is 1.55. The van der Waals surface area contributed by atoms with Gasteiger partial charge >= 0.3 is 0 Å². The van der Waals surface area contributed by atoms with Crippen LogP contribution in [0.15, 0.2) is 34.9 Å². The molecule has 6 nitrogen and oxygen atoms in total. The van der Waals surface area contributed by atoms with Crippen LogP contribution in [0.5, 0.6) is 0 Å². The van der Waals surface area contributed by atoms with Crippen LogP contribution < -0.4 is 10.6 Å². The van der Waals surface area contributed by atoms with E-state index in [0.717, 1.165) is 11.3 Å². The second kappa shape index (κ2) is 8.17. The summed E-state index contributed by atoms with van der Waals surface area (Å²) in [6, 6.07) is 9.65. The number of nitrogens with one attached hydrogen (secondary N) is 2. The first-order chi connectivity index (χ1) is 13.2. The molecule has 1 aliphatic carbocycles. The Kier molecular flexibility index (Phi) is 5.87. The van der Waals surface area contributed by atoms with Crippen LogP contribution in [-0.4, -0.2) is 17.0 Å². The molecule has 0 bridgehead atoms. The molecule has 6 heteroatoms. The summed E-state index contributed by atoms with van der Waals surface area (Å²) in [6.45, 7) is 8.19. The molecule has 1 heterocycles. The third kappa shape index (κ3) is 4.80. The highest BCUT2D eigenvalue weighted by Crippen LogP contribution is 2.33. The minimum atomic E-state index is -0.0945. The molecule has 2 amide bonds. The lowest BCUT2D eigenvalue weighted by Crippen LogP contribution is -2.32. The van der Waals surface area contributed by atoms with Gasteiger partial charge in [-0.1, -0.05) is 44.1 Å². The molecule has 0 aliphatic heterocycles. The Hall–Kier alpha value is -2.63. The van der Waals surface area contributed by atoms with Gasteiger partial charge in [-0.3, -0.25) is 9.59 Å². The lowest BCUT2D eigenvalue weighted by molar-refractivity contribution is -0.125. The number of hydrogen-bond acceptors (Lipinski definition) is 4. The Bertz CT molecular complexity index is 843. The van der Waals surface area contributed by atoms with E-state index >= 15 is 0 Å². The fourth-order valence-corrected chi connectivity index (χ4v) is 3.75. The van der Waals surface area contributed by atoms with Crippen molar-refractivity contribution in [2.75, 3.05) is 10.6 Å². The van der Waals surface area contributed by atoms with Gasteiger partial charge in [-0.15, -0.1) is 0 Å². The number of rotatable bonds is 4. The number of amides is 2. The standard InChI is InChI=1S/C22H29N3O3/c1-14-13-19(25-28-14)24-21(27)16-11-9-15(10-12-16)20(26)23-18-8-6-5-7-17(18)22(2,3)4/h5-8,13,15-16H,9-12H2,1-4H3,(H,23,26)(H,24,25,27). The zero-order valence-electron chi connectivity index (χ0n) is 17.0. The zero-order chi connectivity index (χ0) is 20.3. The van der Waals surface area contributed by atoms with E-state index in [1.807, 2.05) is 18.2 Å². The molecule has 0 radical (unpaired) electrons. The van der Waals surface area contributed by atoms with E-state index in [1.165, 1.54) is 0 Å². The Morgan fingerprint density at radius 3 is 2.11 bits per heavy atom. The SMILES string of the molecule is Cc1cc(NC(=O)C2CCC(C(=O)Nc3ccccc3C(C)(C)C)CC2)no1. The van der Waals surface area contributed by atoms with E-state index in [4.69, 9.17) is 4.52 Å². The minimum absolute atomic E-state index is 0.0426. The maximum Gasteiger partial charge on any atom is 0.228 e. The first-order valence-corrected chi connectivity index (χ1v) is 9.88. The van der Waals surface area contributed by atoms with Gasteiger partial charge in [0.15, 0.2) is 5.82 Å². The first kappa shape index (κ1) is 20.1. The maximum atomic E-state index is 12.8. The number of benzene rings is 1. The lowest BCUT2D eigenvalue weighted by Gasteiger charge is -2.28. The Morgan fingerprint density at radius 2 is 1.57 bits per heavy atom. The molecule has 0 unspecified atom stereocenters. The van der Waals surface area contributed by atoms with Crippen molar-refractivity contribution in [3.63, 3.8) is 0 Å². The summed E-state index contributed by atoms with van der Waals surface area (Å²) in [5, 5.41) is 9.71. The average molecular weight is 383 g/mol. The molecule has 2 aromatic rings. The van der Waals surface area contributed by atoms with E-state index in [1.54, 1.807) is 13.0 Å². The van der Waals surface area contributed by atoms with Gasteiger partial charge in [0.25, 0.3) is 0 Å². The van der Waals surface area contributed by atoms with Crippen LogP contribution in [-0.2, 0) is 15.0 Å². The molecular weight excluding hydrogens is 354 g/mol.